The molecule has 2 amide bonds. The first-order valence-electron chi connectivity index (χ1n) is 12.6. The van der Waals surface area contributed by atoms with Crippen molar-refractivity contribution in [3.63, 3.8) is 0 Å². The van der Waals surface area contributed by atoms with Crippen molar-refractivity contribution < 1.29 is 24.2 Å². The van der Waals surface area contributed by atoms with E-state index >= 15 is 0 Å². The number of amides is 2. The predicted molar refractivity (Wildman–Crippen MR) is 129 cm³/mol. The number of benzene rings is 2. The Morgan fingerprint density at radius 1 is 1.03 bits per heavy atom. The Kier molecular flexibility index (Phi) is 5.31. The topological polar surface area (TPSA) is 95.9 Å². The molecule has 7 heteroatoms. The minimum atomic E-state index is -0.795. The molecule has 2 heterocycles. The summed E-state index contributed by atoms with van der Waals surface area (Å²) in [7, 11) is 0. The van der Waals surface area contributed by atoms with E-state index < -0.39 is 18.0 Å². The highest BCUT2D eigenvalue weighted by Crippen LogP contribution is 2.49. The molecule has 2 aromatic rings. The number of carbonyl (C=O) groups is 3. The number of fused-ring (bicyclic) bond motifs is 4. The quantitative estimate of drug-likeness (QED) is 0.632. The lowest BCUT2D eigenvalue weighted by molar-refractivity contribution is -0.148. The van der Waals surface area contributed by atoms with Crippen LogP contribution in [0.2, 0.25) is 0 Å². The maximum absolute atomic E-state index is 13.0. The SMILES string of the molecule is O=C(NCC1(CC(=O)N2CC3CC2C3C(=O)O)CCC1)OCC1c2ccccc2-c2ccccc21. The fourth-order valence-corrected chi connectivity index (χ4v) is 6.70. The van der Waals surface area contributed by atoms with Gasteiger partial charge >= 0.3 is 12.1 Å². The van der Waals surface area contributed by atoms with Crippen LogP contribution in [0.25, 0.3) is 11.1 Å². The van der Waals surface area contributed by atoms with E-state index in [0.717, 1.165) is 25.7 Å². The number of carbonyl (C=O) groups excluding carboxylic acids is 2. The summed E-state index contributed by atoms with van der Waals surface area (Å²) in [4.78, 5) is 38.9. The second-order valence-electron chi connectivity index (χ2n) is 10.7. The Labute approximate surface area is 204 Å². The van der Waals surface area contributed by atoms with Crippen molar-refractivity contribution in [2.45, 2.75) is 44.1 Å². The number of hydrogen-bond acceptors (Lipinski definition) is 4. The van der Waals surface area contributed by atoms with E-state index in [1.54, 1.807) is 4.90 Å². The highest BCUT2D eigenvalue weighted by atomic mass is 16.5. The molecule has 3 unspecified atom stereocenters. The summed E-state index contributed by atoms with van der Waals surface area (Å²) in [6, 6.07) is 16.3. The highest BCUT2D eigenvalue weighted by Gasteiger charge is 2.57. The van der Waals surface area contributed by atoms with Gasteiger partial charge in [-0.2, -0.15) is 0 Å². The average molecular weight is 475 g/mol. The van der Waals surface area contributed by atoms with Gasteiger partial charge in [0.05, 0.1) is 5.92 Å². The van der Waals surface area contributed by atoms with Gasteiger partial charge in [-0.1, -0.05) is 55.0 Å². The first kappa shape index (κ1) is 22.1. The summed E-state index contributed by atoms with van der Waals surface area (Å²) in [5.74, 6) is -1.07. The van der Waals surface area contributed by atoms with E-state index in [1.807, 2.05) is 24.3 Å². The predicted octanol–water partition coefficient (Wildman–Crippen LogP) is 4.02. The molecule has 2 saturated heterocycles. The Balaban J connectivity index is 1.04. The molecule has 2 aromatic carbocycles. The van der Waals surface area contributed by atoms with Crippen molar-refractivity contribution in [3.05, 3.63) is 59.7 Å². The zero-order valence-electron chi connectivity index (χ0n) is 19.6. The Hall–Kier alpha value is -3.35. The Bertz CT molecular complexity index is 1140. The van der Waals surface area contributed by atoms with Gasteiger partial charge < -0.3 is 20.1 Å². The van der Waals surface area contributed by atoms with Crippen LogP contribution in [0.5, 0.6) is 0 Å². The number of ether oxygens (including phenoxy) is 1. The van der Waals surface area contributed by atoms with E-state index in [4.69, 9.17) is 4.74 Å². The van der Waals surface area contributed by atoms with Gasteiger partial charge in [0, 0.05) is 31.5 Å². The molecule has 0 radical (unpaired) electrons. The molecular weight excluding hydrogens is 444 g/mol. The van der Waals surface area contributed by atoms with Gasteiger partial charge in [-0.25, -0.2) is 4.79 Å². The number of nitrogens with zero attached hydrogens (tertiary/aromatic N) is 1. The molecular formula is C28H30N2O5. The summed E-state index contributed by atoms with van der Waals surface area (Å²) >= 11 is 0. The largest absolute Gasteiger partial charge is 0.481 e. The molecule has 7 nitrogen and oxygen atoms in total. The molecule has 0 aromatic heterocycles. The third kappa shape index (κ3) is 3.68. The minimum Gasteiger partial charge on any atom is -0.481 e. The Morgan fingerprint density at radius 3 is 2.26 bits per heavy atom. The summed E-state index contributed by atoms with van der Waals surface area (Å²) in [6.07, 6.45) is 3.49. The maximum Gasteiger partial charge on any atom is 0.407 e. The third-order valence-corrected chi connectivity index (χ3v) is 8.80. The molecule has 35 heavy (non-hydrogen) atoms. The first-order valence-corrected chi connectivity index (χ1v) is 12.6. The van der Waals surface area contributed by atoms with Gasteiger partial charge in [-0.15, -0.1) is 0 Å². The van der Waals surface area contributed by atoms with Gasteiger partial charge in [-0.3, -0.25) is 9.59 Å². The number of hydrogen-bond donors (Lipinski definition) is 2. The maximum atomic E-state index is 13.0. The normalized spacial score (nSPS) is 25.1. The van der Waals surface area contributed by atoms with Crippen LogP contribution in [-0.4, -0.2) is 53.7 Å². The molecule has 2 bridgehead atoms. The van der Waals surface area contributed by atoms with E-state index in [0.29, 0.717) is 19.5 Å². The molecule has 2 saturated carbocycles. The van der Waals surface area contributed by atoms with Gasteiger partial charge in [0.25, 0.3) is 0 Å². The zero-order chi connectivity index (χ0) is 24.2. The van der Waals surface area contributed by atoms with Gasteiger partial charge in [0.1, 0.15) is 6.61 Å². The Morgan fingerprint density at radius 2 is 1.69 bits per heavy atom. The molecule has 3 aliphatic carbocycles. The number of nitrogens with one attached hydrogen (secondary N) is 1. The monoisotopic (exact) mass is 474 g/mol. The molecule has 2 N–H and O–H groups in total. The number of rotatable bonds is 7. The molecule has 4 fully saturated rings. The lowest BCUT2D eigenvalue weighted by Crippen LogP contribution is -2.48. The molecule has 182 valence electrons. The van der Waals surface area contributed by atoms with Crippen molar-refractivity contribution in [3.8, 4) is 11.1 Å². The van der Waals surface area contributed by atoms with Crippen molar-refractivity contribution in [1.82, 2.24) is 10.2 Å². The first-order chi connectivity index (χ1) is 17.0. The minimum absolute atomic E-state index is 0.0104. The fraction of sp³-hybridized carbons (Fsp3) is 0.464. The number of carboxylic acids is 1. The third-order valence-electron chi connectivity index (χ3n) is 8.80. The van der Waals surface area contributed by atoms with Crippen LogP contribution in [0.1, 0.15) is 49.1 Å². The number of aliphatic carboxylic acids is 1. The van der Waals surface area contributed by atoms with E-state index in [-0.39, 0.29) is 35.8 Å². The summed E-state index contributed by atoms with van der Waals surface area (Å²) in [5.41, 5.74) is 4.47. The van der Waals surface area contributed by atoms with Crippen LogP contribution in [0, 0.1) is 17.3 Å². The summed E-state index contributed by atoms with van der Waals surface area (Å²) in [6.45, 7) is 1.22. The lowest BCUT2D eigenvalue weighted by Gasteiger charge is -2.42. The van der Waals surface area contributed by atoms with E-state index in [2.05, 4.69) is 29.6 Å². The van der Waals surface area contributed by atoms with Crippen LogP contribution >= 0.6 is 0 Å². The number of carboxylic acid groups (broad SMARTS) is 1. The van der Waals surface area contributed by atoms with E-state index in [1.165, 1.54) is 22.3 Å². The molecule has 0 spiro atoms. The van der Waals surface area contributed by atoms with Gasteiger partial charge in [-0.05, 0) is 52.8 Å². The standard InChI is InChI=1S/C28H30N2O5/c31-24(30-14-17-12-23(30)25(17)26(32)33)13-28(10-5-11-28)16-29-27(34)35-15-22-20-8-3-1-6-18(20)19-7-2-4-9-21(19)22/h1-4,6-9,17,22-23,25H,5,10-16H2,(H,29,34)(H,32,33). The average Bonchev–Trinajstić information content (AvgIpc) is 3.50. The fourth-order valence-electron chi connectivity index (χ4n) is 6.70. The molecule has 5 aliphatic rings. The number of alkyl carbamates (subject to hydrolysis) is 1. The van der Waals surface area contributed by atoms with Crippen molar-refractivity contribution in [2.75, 3.05) is 19.7 Å². The lowest BCUT2D eigenvalue weighted by atomic mass is 9.66. The van der Waals surface area contributed by atoms with Crippen LogP contribution in [0.3, 0.4) is 0 Å². The summed E-state index contributed by atoms with van der Waals surface area (Å²) in [5, 5.41) is 12.3. The molecule has 7 rings (SSSR count). The zero-order valence-corrected chi connectivity index (χ0v) is 19.6. The van der Waals surface area contributed by atoms with Crippen molar-refractivity contribution in [2.24, 2.45) is 17.3 Å². The van der Waals surface area contributed by atoms with Gasteiger partial charge in [0.15, 0.2) is 0 Å². The van der Waals surface area contributed by atoms with Crippen LogP contribution in [0.4, 0.5) is 4.79 Å². The van der Waals surface area contributed by atoms with Crippen LogP contribution in [0.15, 0.2) is 48.5 Å². The second kappa shape index (κ2) is 8.40. The highest BCUT2D eigenvalue weighted by molar-refractivity contribution is 5.82. The van der Waals surface area contributed by atoms with Crippen LogP contribution in [-0.2, 0) is 14.3 Å². The van der Waals surface area contributed by atoms with Crippen LogP contribution < -0.4 is 5.32 Å². The van der Waals surface area contributed by atoms with Crippen molar-refractivity contribution >= 4 is 18.0 Å². The van der Waals surface area contributed by atoms with E-state index in [9.17, 15) is 19.5 Å². The molecule has 3 atom stereocenters. The molecule has 2 aliphatic heterocycles. The smallest absolute Gasteiger partial charge is 0.407 e. The second-order valence-corrected chi connectivity index (χ2v) is 10.7. The summed E-state index contributed by atoms with van der Waals surface area (Å²) < 4.78 is 5.66. The van der Waals surface area contributed by atoms with Gasteiger partial charge in [0.2, 0.25) is 5.91 Å². The van der Waals surface area contributed by atoms with Crippen molar-refractivity contribution in [1.29, 1.82) is 0 Å².